The number of hydroxylamine groups is 1. The van der Waals surface area contributed by atoms with Gasteiger partial charge in [-0.05, 0) is 37.6 Å². The van der Waals surface area contributed by atoms with Crippen LogP contribution in [-0.2, 0) is 9.59 Å². The summed E-state index contributed by atoms with van der Waals surface area (Å²) >= 11 is 0. The molecule has 0 saturated heterocycles. The Hall–Kier alpha value is -3.86. The molecule has 0 aliphatic carbocycles. The van der Waals surface area contributed by atoms with E-state index < -0.39 is 23.5 Å². The first-order valence-corrected chi connectivity index (χ1v) is 8.44. The topological polar surface area (TPSA) is 148 Å². The molecule has 11 heteroatoms. The number of hydrogen-bond acceptors (Lipinski definition) is 6. The van der Waals surface area contributed by atoms with Crippen LogP contribution in [0.1, 0.15) is 32.9 Å². The summed E-state index contributed by atoms with van der Waals surface area (Å²) in [4.78, 5) is 38.3. The van der Waals surface area contributed by atoms with Gasteiger partial charge >= 0.3 is 0 Å². The Labute approximate surface area is 163 Å². The molecule has 1 aliphatic heterocycles. The number of fused-ring (bicyclic) bond motifs is 1. The van der Waals surface area contributed by atoms with E-state index in [1.807, 2.05) is 0 Å². The van der Waals surface area contributed by atoms with Gasteiger partial charge in [0.15, 0.2) is 5.71 Å². The minimum absolute atomic E-state index is 0.0235. The van der Waals surface area contributed by atoms with Crippen molar-refractivity contribution in [1.82, 2.24) is 15.8 Å². The van der Waals surface area contributed by atoms with Crippen molar-refractivity contribution in [3.8, 4) is 0 Å². The van der Waals surface area contributed by atoms with E-state index in [2.05, 4.69) is 25.8 Å². The Kier molecular flexibility index (Phi) is 5.50. The van der Waals surface area contributed by atoms with Gasteiger partial charge in [-0.15, -0.1) is 5.10 Å². The second-order valence-electron chi connectivity index (χ2n) is 6.22. The van der Waals surface area contributed by atoms with Gasteiger partial charge in [-0.3, -0.25) is 19.6 Å². The van der Waals surface area contributed by atoms with E-state index in [0.717, 1.165) is 0 Å². The number of carbonyl (C=O) groups excluding carboxylic acids is 3. The molecule has 2 aromatic rings. The molecule has 1 aromatic heterocycles. The van der Waals surface area contributed by atoms with E-state index in [1.165, 1.54) is 29.9 Å². The highest BCUT2D eigenvalue weighted by molar-refractivity contribution is 6.53. The maximum Gasteiger partial charge on any atom is 0.276 e. The maximum absolute atomic E-state index is 13.4. The lowest BCUT2D eigenvalue weighted by atomic mass is 10.1. The first-order chi connectivity index (χ1) is 13.8. The van der Waals surface area contributed by atoms with Gasteiger partial charge in [-0.1, -0.05) is 0 Å². The van der Waals surface area contributed by atoms with E-state index in [4.69, 9.17) is 5.21 Å². The van der Waals surface area contributed by atoms with Crippen molar-refractivity contribution in [2.75, 3.05) is 11.9 Å². The molecule has 0 fully saturated rings. The van der Waals surface area contributed by atoms with E-state index in [-0.39, 0.29) is 12.3 Å². The number of rotatable bonds is 5. The molecule has 0 unspecified atom stereocenters. The average Bonchev–Trinajstić information content (AvgIpc) is 3.15. The molecular formula is C18H17FN6O4. The Bertz CT molecular complexity index is 1070. The van der Waals surface area contributed by atoms with Crippen LogP contribution in [0.5, 0.6) is 0 Å². The number of anilines is 1. The molecule has 0 spiro atoms. The normalized spacial score (nSPS) is 14.2. The van der Waals surface area contributed by atoms with Crippen LogP contribution in [-0.4, -0.2) is 46.4 Å². The summed E-state index contributed by atoms with van der Waals surface area (Å²) in [6.45, 7) is 2.95. The number of hydrogen-bond donors (Lipinski definition) is 5. The number of benzene rings is 1. The molecule has 3 amide bonds. The largest absolute Gasteiger partial charge is 0.357 e. The summed E-state index contributed by atoms with van der Waals surface area (Å²) in [7, 11) is 0. The van der Waals surface area contributed by atoms with Crippen LogP contribution in [0.4, 0.5) is 10.1 Å². The highest BCUT2D eigenvalue weighted by Crippen LogP contribution is 2.24. The monoisotopic (exact) mass is 400 g/mol. The summed E-state index contributed by atoms with van der Waals surface area (Å²) in [6.07, 6.45) is 1.33. The third-order valence-electron chi connectivity index (χ3n) is 4.28. The fraction of sp³-hybridized carbons (Fsp3) is 0.167. The number of H-pyrrole nitrogens is 1. The zero-order valence-corrected chi connectivity index (χ0v) is 15.5. The lowest BCUT2D eigenvalue weighted by molar-refractivity contribution is -0.128. The second kappa shape index (κ2) is 8.02. The molecule has 3 rings (SSSR count). The number of halogens is 1. The lowest BCUT2D eigenvalue weighted by Gasteiger charge is -2.04. The predicted octanol–water partition coefficient (Wildman–Crippen LogP) is 0.781. The summed E-state index contributed by atoms with van der Waals surface area (Å²) < 4.78 is 13.4. The van der Waals surface area contributed by atoms with Crippen LogP contribution >= 0.6 is 0 Å². The third kappa shape index (κ3) is 4.04. The van der Waals surface area contributed by atoms with Gasteiger partial charge in [-0.2, -0.15) is 5.10 Å². The Morgan fingerprint density at radius 3 is 2.79 bits per heavy atom. The van der Waals surface area contributed by atoms with Crippen LogP contribution in [0, 0.1) is 19.7 Å². The summed E-state index contributed by atoms with van der Waals surface area (Å²) in [5.74, 6) is -2.26. The number of aromatic nitrogens is 1. The van der Waals surface area contributed by atoms with Crippen molar-refractivity contribution in [2.24, 2.45) is 10.2 Å². The van der Waals surface area contributed by atoms with E-state index in [0.29, 0.717) is 33.8 Å². The molecule has 10 nitrogen and oxygen atoms in total. The third-order valence-corrected chi connectivity index (χ3v) is 4.28. The molecule has 1 aliphatic rings. The van der Waals surface area contributed by atoms with Crippen molar-refractivity contribution in [2.45, 2.75) is 13.8 Å². The summed E-state index contributed by atoms with van der Waals surface area (Å²) in [5, 5.41) is 21.2. The zero-order chi connectivity index (χ0) is 21.1. The van der Waals surface area contributed by atoms with Gasteiger partial charge in [0.2, 0.25) is 0 Å². The van der Waals surface area contributed by atoms with Crippen LogP contribution in [0.25, 0.3) is 0 Å². The molecule has 0 radical (unpaired) electrons. The van der Waals surface area contributed by atoms with Gasteiger partial charge in [0, 0.05) is 11.3 Å². The first kappa shape index (κ1) is 19.9. The minimum atomic E-state index is -0.756. The van der Waals surface area contributed by atoms with Crippen LogP contribution in [0.15, 0.2) is 28.4 Å². The van der Waals surface area contributed by atoms with Crippen molar-refractivity contribution in [3.63, 3.8) is 0 Å². The van der Waals surface area contributed by atoms with Crippen LogP contribution in [0.3, 0.4) is 0 Å². The van der Waals surface area contributed by atoms with Crippen molar-refractivity contribution in [3.05, 3.63) is 52.1 Å². The number of nitrogens with one attached hydrogen (secondary N) is 4. The minimum Gasteiger partial charge on any atom is -0.357 e. The number of aromatic amines is 1. The quantitative estimate of drug-likeness (QED) is 0.286. The van der Waals surface area contributed by atoms with Crippen LogP contribution < -0.4 is 16.1 Å². The fourth-order valence-electron chi connectivity index (χ4n) is 2.90. The van der Waals surface area contributed by atoms with E-state index >= 15 is 0 Å². The van der Waals surface area contributed by atoms with Gasteiger partial charge < -0.3 is 15.6 Å². The molecule has 0 saturated carbocycles. The molecule has 1 aromatic carbocycles. The molecule has 5 N–H and O–H groups in total. The van der Waals surface area contributed by atoms with Crippen LogP contribution in [0.2, 0.25) is 0 Å². The van der Waals surface area contributed by atoms with Crippen molar-refractivity contribution < 1.29 is 24.0 Å². The number of aryl methyl sites for hydroxylation is 1. The predicted molar refractivity (Wildman–Crippen MR) is 102 cm³/mol. The van der Waals surface area contributed by atoms with Gasteiger partial charge in [0.1, 0.15) is 5.82 Å². The highest BCUT2D eigenvalue weighted by atomic mass is 19.1. The fourth-order valence-corrected chi connectivity index (χ4v) is 2.90. The second-order valence-corrected chi connectivity index (χ2v) is 6.22. The summed E-state index contributed by atoms with van der Waals surface area (Å²) in [5.41, 5.74) is 4.03. The SMILES string of the molecule is Cc1[nH]c(C=NN=C2C(=O)Nc3ccc(F)cc32)c(C)c1C(=O)NCC(=O)NO. The van der Waals surface area contributed by atoms with Crippen molar-refractivity contribution in [1.29, 1.82) is 0 Å². The molecule has 0 atom stereocenters. The zero-order valence-electron chi connectivity index (χ0n) is 15.5. The maximum atomic E-state index is 13.4. The van der Waals surface area contributed by atoms with Gasteiger partial charge in [-0.25, -0.2) is 9.87 Å². The van der Waals surface area contributed by atoms with E-state index in [1.54, 1.807) is 13.8 Å². The Morgan fingerprint density at radius 1 is 1.31 bits per heavy atom. The first-order valence-electron chi connectivity index (χ1n) is 8.44. The smallest absolute Gasteiger partial charge is 0.276 e. The standard InChI is InChI=1S/C18H17FN6O4/c1-8-13(22-9(2)15(8)17(27)20-7-14(26)25-29)6-21-24-16-11-5-10(19)3-4-12(11)23-18(16)28/h3-6,22,29H,7H2,1-2H3,(H,20,27)(H,25,26)(H,23,24,28). The number of amides is 3. The highest BCUT2D eigenvalue weighted by Gasteiger charge is 2.26. The van der Waals surface area contributed by atoms with E-state index in [9.17, 15) is 18.8 Å². The lowest BCUT2D eigenvalue weighted by Crippen LogP contribution is -2.35. The number of nitrogens with zero attached hydrogens (tertiary/aromatic N) is 2. The van der Waals surface area contributed by atoms with Gasteiger partial charge in [0.05, 0.1) is 29.7 Å². The Morgan fingerprint density at radius 2 is 2.07 bits per heavy atom. The molecule has 29 heavy (non-hydrogen) atoms. The molecule has 150 valence electrons. The van der Waals surface area contributed by atoms with Crippen molar-refractivity contribution >= 4 is 35.3 Å². The Balaban J connectivity index is 1.81. The molecular weight excluding hydrogens is 383 g/mol. The molecule has 2 heterocycles. The molecule has 0 bridgehead atoms. The summed E-state index contributed by atoms with van der Waals surface area (Å²) in [6, 6.07) is 3.86. The average molecular weight is 400 g/mol. The van der Waals surface area contributed by atoms with Gasteiger partial charge in [0.25, 0.3) is 17.7 Å². The number of carbonyl (C=O) groups is 3.